The quantitative estimate of drug-likeness (QED) is 0.620. The number of carbonyl (C=O) groups is 1. The van der Waals surface area contributed by atoms with E-state index in [-0.39, 0.29) is 19.8 Å². The molecule has 1 aromatic rings. The van der Waals surface area contributed by atoms with Crippen LogP contribution in [0.15, 0.2) is 6.20 Å². The fourth-order valence-electron chi connectivity index (χ4n) is 1.17. The van der Waals surface area contributed by atoms with Crippen molar-refractivity contribution >= 4 is 5.97 Å². The highest BCUT2D eigenvalue weighted by Crippen LogP contribution is 2.26. The van der Waals surface area contributed by atoms with Crippen molar-refractivity contribution in [1.82, 2.24) is 15.0 Å². The number of aliphatic hydroxyl groups is 1. The molecule has 0 bridgehead atoms. The van der Waals surface area contributed by atoms with Gasteiger partial charge < -0.3 is 14.9 Å². The third-order valence-corrected chi connectivity index (χ3v) is 1.99. The van der Waals surface area contributed by atoms with Gasteiger partial charge in [0.05, 0.1) is 19.4 Å². The fraction of sp³-hybridized carbons (Fsp3) is 0.571. The Morgan fingerprint density at radius 1 is 1.71 bits per heavy atom. The van der Waals surface area contributed by atoms with Crippen LogP contribution in [0.2, 0.25) is 0 Å². The molecular formula is C7H9N3O4. The molecule has 0 spiro atoms. The zero-order valence-corrected chi connectivity index (χ0v) is 7.25. The molecular weight excluding hydrogens is 190 g/mol. The average molecular weight is 199 g/mol. The summed E-state index contributed by atoms with van der Waals surface area (Å²) >= 11 is 0. The zero-order valence-electron chi connectivity index (χ0n) is 7.25. The predicted octanol–water partition coefficient (Wildman–Crippen LogP) is -1.42. The lowest BCUT2D eigenvalue weighted by Gasteiger charge is -2.34. The Kier molecular flexibility index (Phi) is 1.97. The number of nitrogens with zero attached hydrogens (tertiary/aromatic N) is 3. The van der Waals surface area contributed by atoms with Crippen molar-refractivity contribution in [1.29, 1.82) is 0 Å². The van der Waals surface area contributed by atoms with E-state index in [0.717, 1.165) is 4.68 Å². The van der Waals surface area contributed by atoms with E-state index in [9.17, 15) is 9.90 Å². The lowest BCUT2D eigenvalue weighted by Crippen LogP contribution is -2.46. The van der Waals surface area contributed by atoms with Crippen LogP contribution in [0.3, 0.4) is 0 Å². The van der Waals surface area contributed by atoms with Gasteiger partial charge in [-0.05, 0) is 0 Å². The van der Waals surface area contributed by atoms with E-state index < -0.39 is 11.6 Å². The Labute approximate surface area is 78.9 Å². The second kappa shape index (κ2) is 3.03. The molecule has 7 heteroatoms. The van der Waals surface area contributed by atoms with Crippen molar-refractivity contribution in [2.75, 3.05) is 13.2 Å². The van der Waals surface area contributed by atoms with E-state index in [0.29, 0.717) is 5.69 Å². The van der Waals surface area contributed by atoms with Gasteiger partial charge in [-0.2, -0.15) is 0 Å². The number of carboxylic acid groups (broad SMARTS) is 1. The van der Waals surface area contributed by atoms with E-state index in [1.807, 2.05) is 0 Å². The second-order valence-electron chi connectivity index (χ2n) is 3.22. The molecule has 2 N–H and O–H groups in total. The van der Waals surface area contributed by atoms with Gasteiger partial charge in [0.2, 0.25) is 0 Å². The number of carboxylic acids is 1. The van der Waals surface area contributed by atoms with Crippen LogP contribution in [0, 0.1) is 0 Å². The van der Waals surface area contributed by atoms with E-state index in [1.165, 1.54) is 6.20 Å². The smallest absolute Gasteiger partial charge is 0.325 e. The SMILES string of the molecule is O=C(O)Cn1cc(C2(O)COC2)nn1. The average Bonchev–Trinajstić information content (AvgIpc) is 2.47. The summed E-state index contributed by atoms with van der Waals surface area (Å²) in [5, 5.41) is 25.5. The largest absolute Gasteiger partial charge is 0.480 e. The molecule has 1 aliphatic rings. The van der Waals surface area contributed by atoms with Crippen molar-refractivity contribution in [2.45, 2.75) is 12.1 Å². The third kappa shape index (κ3) is 1.47. The molecule has 0 aliphatic carbocycles. The molecule has 2 heterocycles. The maximum atomic E-state index is 10.3. The van der Waals surface area contributed by atoms with Gasteiger partial charge >= 0.3 is 5.97 Å². The molecule has 0 saturated carbocycles. The van der Waals surface area contributed by atoms with E-state index in [4.69, 9.17) is 9.84 Å². The highest BCUT2D eigenvalue weighted by atomic mass is 16.5. The molecule has 0 amide bonds. The first-order valence-corrected chi connectivity index (χ1v) is 4.03. The molecule has 7 nitrogen and oxygen atoms in total. The van der Waals surface area contributed by atoms with Gasteiger partial charge in [-0.25, -0.2) is 4.68 Å². The summed E-state index contributed by atoms with van der Waals surface area (Å²) in [7, 11) is 0. The van der Waals surface area contributed by atoms with Crippen LogP contribution >= 0.6 is 0 Å². The molecule has 1 fully saturated rings. The summed E-state index contributed by atoms with van der Waals surface area (Å²) in [6.07, 6.45) is 1.41. The maximum Gasteiger partial charge on any atom is 0.325 e. The first kappa shape index (κ1) is 9.10. The van der Waals surface area contributed by atoms with Crippen LogP contribution in [0.4, 0.5) is 0 Å². The summed E-state index contributed by atoms with van der Waals surface area (Å²) in [4.78, 5) is 10.3. The Hall–Kier alpha value is -1.47. The summed E-state index contributed by atoms with van der Waals surface area (Å²) in [6.45, 7) is 0.0987. The number of hydrogen-bond donors (Lipinski definition) is 2. The Balaban J connectivity index is 2.13. The summed E-state index contributed by atoms with van der Waals surface area (Å²) in [6, 6.07) is 0. The van der Waals surface area contributed by atoms with E-state index >= 15 is 0 Å². The Morgan fingerprint density at radius 3 is 2.93 bits per heavy atom. The van der Waals surface area contributed by atoms with Crippen molar-refractivity contribution in [3.8, 4) is 0 Å². The van der Waals surface area contributed by atoms with Crippen LogP contribution in [0.1, 0.15) is 5.69 Å². The van der Waals surface area contributed by atoms with Crippen molar-refractivity contribution in [2.24, 2.45) is 0 Å². The summed E-state index contributed by atoms with van der Waals surface area (Å²) in [5.41, 5.74) is -0.735. The van der Waals surface area contributed by atoms with Gasteiger partial charge in [-0.15, -0.1) is 5.10 Å². The van der Waals surface area contributed by atoms with E-state index in [1.54, 1.807) is 0 Å². The van der Waals surface area contributed by atoms with E-state index in [2.05, 4.69) is 10.3 Å². The lowest BCUT2D eigenvalue weighted by molar-refractivity contribution is -0.186. The topological polar surface area (TPSA) is 97.5 Å². The molecule has 1 saturated heterocycles. The summed E-state index contributed by atoms with van der Waals surface area (Å²) in [5.74, 6) is -1.00. The monoisotopic (exact) mass is 199 g/mol. The number of aromatic nitrogens is 3. The molecule has 0 radical (unpaired) electrons. The third-order valence-electron chi connectivity index (χ3n) is 1.99. The second-order valence-corrected chi connectivity index (χ2v) is 3.22. The molecule has 0 unspecified atom stereocenters. The van der Waals surface area contributed by atoms with Crippen LogP contribution < -0.4 is 0 Å². The standard InChI is InChI=1S/C7H9N3O4/c11-6(12)2-10-1-5(8-9-10)7(13)3-14-4-7/h1,13H,2-4H2,(H,11,12). The Morgan fingerprint density at radius 2 is 2.43 bits per heavy atom. The highest BCUT2D eigenvalue weighted by Gasteiger charge is 2.40. The Bertz CT molecular complexity index is 358. The van der Waals surface area contributed by atoms with Crippen molar-refractivity contribution in [3.63, 3.8) is 0 Å². The van der Waals surface area contributed by atoms with Crippen LogP contribution in [0.5, 0.6) is 0 Å². The van der Waals surface area contributed by atoms with Gasteiger partial charge in [0, 0.05) is 0 Å². The maximum absolute atomic E-state index is 10.3. The zero-order chi connectivity index (χ0) is 10.2. The van der Waals surface area contributed by atoms with Crippen molar-refractivity contribution in [3.05, 3.63) is 11.9 Å². The molecule has 2 rings (SSSR count). The van der Waals surface area contributed by atoms with Crippen LogP contribution in [-0.2, 0) is 21.7 Å². The highest BCUT2D eigenvalue weighted by molar-refractivity contribution is 5.66. The predicted molar refractivity (Wildman–Crippen MR) is 42.4 cm³/mol. The summed E-state index contributed by atoms with van der Waals surface area (Å²) < 4.78 is 6.00. The first-order valence-electron chi connectivity index (χ1n) is 4.03. The minimum absolute atomic E-state index is 0.179. The van der Waals surface area contributed by atoms with Gasteiger partial charge in [0.25, 0.3) is 0 Å². The molecule has 0 aromatic carbocycles. The minimum atomic E-state index is -1.09. The molecule has 1 aromatic heterocycles. The first-order chi connectivity index (χ1) is 6.60. The van der Waals surface area contributed by atoms with Gasteiger partial charge in [0.15, 0.2) is 5.60 Å². The molecule has 0 atom stereocenters. The molecule has 76 valence electrons. The number of ether oxygens (including phenoxy) is 1. The minimum Gasteiger partial charge on any atom is -0.480 e. The van der Waals surface area contributed by atoms with Gasteiger partial charge in [-0.3, -0.25) is 4.79 Å². The van der Waals surface area contributed by atoms with Crippen LogP contribution in [0.25, 0.3) is 0 Å². The number of aliphatic carboxylic acids is 1. The van der Waals surface area contributed by atoms with Gasteiger partial charge in [-0.1, -0.05) is 5.21 Å². The normalized spacial score (nSPS) is 18.9. The number of rotatable bonds is 3. The fourth-order valence-corrected chi connectivity index (χ4v) is 1.17. The lowest BCUT2D eigenvalue weighted by atomic mass is 9.99. The van der Waals surface area contributed by atoms with Crippen molar-refractivity contribution < 1.29 is 19.7 Å². The molecule has 14 heavy (non-hydrogen) atoms. The molecule has 1 aliphatic heterocycles. The van der Waals surface area contributed by atoms with Gasteiger partial charge in [0.1, 0.15) is 12.2 Å². The van der Waals surface area contributed by atoms with Crippen LogP contribution in [-0.4, -0.2) is 44.4 Å². The number of hydrogen-bond acceptors (Lipinski definition) is 5.